The van der Waals surface area contributed by atoms with Crippen molar-refractivity contribution in [3.8, 4) is 5.75 Å². The number of fused-ring (bicyclic) bond motifs is 1. The van der Waals surface area contributed by atoms with E-state index in [1.54, 1.807) is 19.1 Å². The second kappa shape index (κ2) is 5.23. The summed E-state index contributed by atoms with van der Waals surface area (Å²) in [6.07, 6.45) is 0. The highest BCUT2D eigenvalue weighted by Gasteiger charge is 2.27. The molecule has 1 N–H and O–H groups in total. The minimum atomic E-state index is -3.49. The molecule has 6 nitrogen and oxygen atoms in total. The van der Waals surface area contributed by atoms with E-state index in [0.29, 0.717) is 25.6 Å². The molecule has 0 aromatic heterocycles. The molecule has 7 heteroatoms. The number of hydrogen-bond donors (Lipinski definition) is 1. The number of nitrogens with zero attached hydrogens (tertiary/aromatic N) is 1. The number of anilines is 1. The van der Waals surface area contributed by atoms with Gasteiger partial charge in [-0.3, -0.25) is 0 Å². The lowest BCUT2D eigenvalue weighted by atomic mass is 10.2. The summed E-state index contributed by atoms with van der Waals surface area (Å²) in [4.78, 5) is 2.38. The van der Waals surface area contributed by atoms with Crippen LogP contribution in [0.15, 0.2) is 23.1 Å². The molecule has 1 fully saturated rings. The van der Waals surface area contributed by atoms with E-state index in [1.807, 2.05) is 6.07 Å². The average molecular weight is 298 g/mol. The summed E-state index contributed by atoms with van der Waals surface area (Å²) in [6, 6.07) is 5.00. The first-order valence-electron chi connectivity index (χ1n) is 6.68. The third-order valence-electron chi connectivity index (χ3n) is 3.44. The minimum absolute atomic E-state index is 0.207. The lowest BCUT2D eigenvalue weighted by Crippen LogP contribution is -2.36. The largest absolute Gasteiger partial charge is 0.490 e. The van der Waals surface area contributed by atoms with Crippen molar-refractivity contribution in [2.45, 2.75) is 17.9 Å². The molecule has 1 aromatic carbocycles. The molecule has 1 atom stereocenters. The number of sulfonamides is 1. The first-order chi connectivity index (χ1) is 9.56. The Labute approximate surface area is 118 Å². The Morgan fingerprint density at radius 3 is 2.80 bits per heavy atom. The van der Waals surface area contributed by atoms with Gasteiger partial charge >= 0.3 is 0 Å². The highest BCUT2D eigenvalue weighted by molar-refractivity contribution is 7.89. The molecule has 0 saturated carbocycles. The maximum Gasteiger partial charge on any atom is 0.244 e. The zero-order valence-electron chi connectivity index (χ0n) is 11.3. The van der Waals surface area contributed by atoms with Crippen molar-refractivity contribution in [3.05, 3.63) is 18.2 Å². The number of nitrogens with one attached hydrogen (secondary N) is 1. The number of ether oxygens (including phenoxy) is 2. The van der Waals surface area contributed by atoms with E-state index < -0.39 is 10.0 Å². The summed E-state index contributed by atoms with van der Waals surface area (Å²) >= 11 is 0. The Morgan fingerprint density at radius 2 is 2.05 bits per heavy atom. The molecular formula is C13H18N2O4S. The molecule has 0 unspecified atom stereocenters. The maximum atomic E-state index is 12.2. The van der Waals surface area contributed by atoms with Gasteiger partial charge in [0.1, 0.15) is 17.3 Å². The topological polar surface area (TPSA) is 67.9 Å². The average Bonchev–Trinajstić information content (AvgIpc) is 2.56. The fraction of sp³-hybridized carbons (Fsp3) is 0.538. The van der Waals surface area contributed by atoms with Gasteiger partial charge in [0, 0.05) is 24.8 Å². The van der Waals surface area contributed by atoms with Crippen molar-refractivity contribution < 1.29 is 17.9 Å². The zero-order valence-corrected chi connectivity index (χ0v) is 12.1. The van der Waals surface area contributed by atoms with Crippen LogP contribution in [0.3, 0.4) is 0 Å². The van der Waals surface area contributed by atoms with Crippen LogP contribution in [0, 0.1) is 0 Å². The first kappa shape index (κ1) is 13.7. The SMILES string of the molecule is C[C@H]1COc2cc(N3CCOCC3)ccc2S(=O)(=O)N1. The van der Waals surface area contributed by atoms with Crippen LogP contribution in [-0.2, 0) is 14.8 Å². The molecule has 1 aromatic rings. The molecule has 2 aliphatic heterocycles. The third kappa shape index (κ3) is 2.61. The van der Waals surface area contributed by atoms with Crippen molar-refractivity contribution in [1.82, 2.24) is 4.72 Å². The predicted octanol–water partition coefficient (Wildman–Crippen LogP) is 0.582. The lowest BCUT2D eigenvalue weighted by Gasteiger charge is -2.29. The van der Waals surface area contributed by atoms with Crippen LogP contribution in [0.1, 0.15) is 6.92 Å². The highest BCUT2D eigenvalue weighted by Crippen LogP contribution is 2.31. The van der Waals surface area contributed by atoms with E-state index in [2.05, 4.69) is 9.62 Å². The molecule has 0 aliphatic carbocycles. The van der Waals surface area contributed by atoms with Crippen LogP contribution in [0.25, 0.3) is 0 Å². The van der Waals surface area contributed by atoms with Gasteiger partial charge in [0.15, 0.2) is 0 Å². The molecule has 0 radical (unpaired) electrons. The van der Waals surface area contributed by atoms with Gasteiger partial charge in [-0.05, 0) is 19.1 Å². The van der Waals surface area contributed by atoms with Crippen molar-refractivity contribution in [3.63, 3.8) is 0 Å². The zero-order chi connectivity index (χ0) is 14.2. The minimum Gasteiger partial charge on any atom is -0.490 e. The van der Waals surface area contributed by atoms with Crippen LogP contribution in [0.5, 0.6) is 5.75 Å². The second-order valence-electron chi connectivity index (χ2n) is 5.06. The lowest BCUT2D eigenvalue weighted by molar-refractivity contribution is 0.122. The molecule has 110 valence electrons. The molecule has 0 spiro atoms. The van der Waals surface area contributed by atoms with E-state index in [9.17, 15) is 8.42 Å². The van der Waals surface area contributed by atoms with Crippen molar-refractivity contribution in [2.24, 2.45) is 0 Å². The van der Waals surface area contributed by atoms with Gasteiger partial charge in [-0.15, -0.1) is 0 Å². The van der Waals surface area contributed by atoms with Gasteiger partial charge in [-0.1, -0.05) is 0 Å². The monoisotopic (exact) mass is 298 g/mol. The van der Waals surface area contributed by atoms with Crippen molar-refractivity contribution in [2.75, 3.05) is 37.8 Å². The van der Waals surface area contributed by atoms with E-state index >= 15 is 0 Å². The van der Waals surface area contributed by atoms with Crippen LogP contribution in [0.4, 0.5) is 5.69 Å². The molecule has 1 saturated heterocycles. The molecule has 2 aliphatic rings. The van der Waals surface area contributed by atoms with Crippen molar-refractivity contribution in [1.29, 1.82) is 0 Å². The summed E-state index contributed by atoms with van der Waals surface area (Å²) < 4.78 is 37.9. The first-order valence-corrected chi connectivity index (χ1v) is 8.16. The molecule has 3 rings (SSSR count). The summed E-state index contributed by atoms with van der Waals surface area (Å²) in [7, 11) is -3.49. The number of benzene rings is 1. The van der Waals surface area contributed by atoms with Crippen LogP contribution >= 0.6 is 0 Å². The van der Waals surface area contributed by atoms with Crippen LogP contribution < -0.4 is 14.4 Å². The fourth-order valence-corrected chi connectivity index (χ4v) is 3.78. The van der Waals surface area contributed by atoms with Gasteiger partial charge in [0.25, 0.3) is 0 Å². The highest BCUT2D eigenvalue weighted by atomic mass is 32.2. The Bertz CT molecular complexity index is 596. The Hall–Kier alpha value is -1.31. The summed E-state index contributed by atoms with van der Waals surface area (Å²) in [5.74, 6) is 0.422. The Balaban J connectivity index is 1.96. The standard InChI is InChI=1S/C13H18N2O4S/c1-10-9-19-12-8-11(15-4-6-18-7-5-15)2-3-13(12)20(16,17)14-10/h2-3,8,10,14H,4-7,9H2,1H3/t10-/m0/s1. The van der Waals surface area contributed by atoms with Crippen LogP contribution in [0.2, 0.25) is 0 Å². The number of hydrogen-bond acceptors (Lipinski definition) is 5. The van der Waals surface area contributed by atoms with Crippen LogP contribution in [-0.4, -0.2) is 47.4 Å². The summed E-state index contributed by atoms with van der Waals surface area (Å²) in [6.45, 7) is 5.11. The maximum absolute atomic E-state index is 12.2. The molecule has 0 bridgehead atoms. The Kier molecular flexibility index (Phi) is 3.57. The van der Waals surface area contributed by atoms with E-state index in [1.165, 1.54) is 0 Å². The Morgan fingerprint density at radius 1 is 1.30 bits per heavy atom. The second-order valence-corrected chi connectivity index (χ2v) is 6.75. The van der Waals surface area contributed by atoms with E-state index in [0.717, 1.165) is 18.8 Å². The van der Waals surface area contributed by atoms with E-state index in [-0.39, 0.29) is 10.9 Å². The summed E-state index contributed by atoms with van der Waals surface area (Å²) in [5, 5.41) is 0. The van der Waals surface area contributed by atoms with Crippen molar-refractivity contribution >= 4 is 15.7 Å². The number of morpholine rings is 1. The smallest absolute Gasteiger partial charge is 0.244 e. The van der Waals surface area contributed by atoms with Gasteiger partial charge < -0.3 is 14.4 Å². The molecule has 0 amide bonds. The predicted molar refractivity (Wildman–Crippen MR) is 74.8 cm³/mol. The van der Waals surface area contributed by atoms with E-state index in [4.69, 9.17) is 9.47 Å². The number of rotatable bonds is 1. The quantitative estimate of drug-likeness (QED) is 0.821. The fourth-order valence-electron chi connectivity index (χ4n) is 2.43. The van der Waals surface area contributed by atoms with Gasteiger partial charge in [-0.2, -0.15) is 0 Å². The van der Waals surface area contributed by atoms with Gasteiger partial charge in [-0.25, -0.2) is 13.1 Å². The molecule has 20 heavy (non-hydrogen) atoms. The molecule has 2 heterocycles. The van der Waals surface area contributed by atoms with Gasteiger partial charge in [0.2, 0.25) is 10.0 Å². The van der Waals surface area contributed by atoms with Gasteiger partial charge in [0.05, 0.1) is 19.3 Å². The normalized spacial score (nSPS) is 25.4. The molecular weight excluding hydrogens is 280 g/mol. The third-order valence-corrected chi connectivity index (χ3v) is 5.07. The summed E-state index contributed by atoms with van der Waals surface area (Å²) in [5.41, 5.74) is 0.969.